The minimum atomic E-state index is -0.128. The van der Waals surface area contributed by atoms with Crippen LogP contribution in [0, 0.1) is 0 Å². The first-order valence-electron chi connectivity index (χ1n) is 7.81. The van der Waals surface area contributed by atoms with Crippen molar-refractivity contribution in [1.82, 2.24) is 5.32 Å². The quantitative estimate of drug-likeness (QED) is 0.608. The van der Waals surface area contributed by atoms with E-state index in [0.717, 1.165) is 25.8 Å². The zero-order chi connectivity index (χ0) is 13.3. The van der Waals surface area contributed by atoms with E-state index in [1.807, 2.05) is 0 Å². The Balaban J connectivity index is 1.58. The third-order valence-electron chi connectivity index (χ3n) is 4.12. The van der Waals surface area contributed by atoms with Gasteiger partial charge in [-0.15, -0.1) is 0 Å². The molecule has 1 aromatic carbocycles. The molecule has 0 heterocycles. The number of nitrogens with one attached hydrogen (secondary N) is 1. The predicted molar refractivity (Wildman–Crippen MR) is 80.3 cm³/mol. The molecule has 0 bridgehead atoms. The third kappa shape index (κ3) is 5.33. The maximum Gasteiger partial charge on any atom is 0.0693 e. The van der Waals surface area contributed by atoms with Crippen molar-refractivity contribution in [2.45, 2.75) is 63.5 Å². The SMILES string of the molecule is OC1CCCCCC1NCCCCc1ccccc1. The summed E-state index contributed by atoms with van der Waals surface area (Å²) in [4.78, 5) is 0. The molecule has 1 saturated carbocycles. The van der Waals surface area contributed by atoms with E-state index in [1.165, 1.54) is 37.7 Å². The normalized spacial score (nSPS) is 24.1. The summed E-state index contributed by atoms with van der Waals surface area (Å²) in [6.07, 6.45) is 9.29. The maximum absolute atomic E-state index is 10.0. The largest absolute Gasteiger partial charge is 0.392 e. The Morgan fingerprint density at radius 3 is 2.63 bits per heavy atom. The zero-order valence-electron chi connectivity index (χ0n) is 11.9. The molecule has 0 saturated heterocycles. The number of aliphatic hydroxyl groups is 1. The van der Waals surface area contributed by atoms with Crippen molar-refractivity contribution in [3.63, 3.8) is 0 Å². The van der Waals surface area contributed by atoms with Crippen LogP contribution in [0.1, 0.15) is 50.5 Å². The van der Waals surface area contributed by atoms with Gasteiger partial charge in [-0.05, 0) is 44.2 Å². The highest BCUT2D eigenvalue weighted by atomic mass is 16.3. The van der Waals surface area contributed by atoms with Crippen molar-refractivity contribution in [1.29, 1.82) is 0 Å². The van der Waals surface area contributed by atoms with Crippen LogP contribution in [-0.2, 0) is 6.42 Å². The van der Waals surface area contributed by atoms with Crippen molar-refractivity contribution in [3.05, 3.63) is 35.9 Å². The number of aryl methyl sites for hydroxylation is 1. The fraction of sp³-hybridized carbons (Fsp3) is 0.647. The Bertz CT molecular complexity index is 338. The number of unbranched alkanes of at least 4 members (excludes halogenated alkanes) is 1. The molecule has 2 heteroatoms. The molecule has 0 radical (unpaired) electrons. The zero-order valence-corrected chi connectivity index (χ0v) is 11.9. The molecule has 0 aliphatic heterocycles. The van der Waals surface area contributed by atoms with Crippen LogP contribution in [0.15, 0.2) is 30.3 Å². The molecule has 2 atom stereocenters. The van der Waals surface area contributed by atoms with Gasteiger partial charge in [0.15, 0.2) is 0 Å². The van der Waals surface area contributed by atoms with E-state index in [9.17, 15) is 5.11 Å². The van der Waals surface area contributed by atoms with Gasteiger partial charge in [-0.2, -0.15) is 0 Å². The molecule has 1 aliphatic rings. The van der Waals surface area contributed by atoms with E-state index >= 15 is 0 Å². The number of benzene rings is 1. The van der Waals surface area contributed by atoms with Gasteiger partial charge in [0.05, 0.1) is 6.10 Å². The van der Waals surface area contributed by atoms with Gasteiger partial charge >= 0.3 is 0 Å². The van der Waals surface area contributed by atoms with Gasteiger partial charge in [-0.3, -0.25) is 0 Å². The number of hydrogen-bond acceptors (Lipinski definition) is 2. The Hall–Kier alpha value is -0.860. The molecular formula is C17H27NO. The van der Waals surface area contributed by atoms with E-state index < -0.39 is 0 Å². The van der Waals surface area contributed by atoms with Gasteiger partial charge in [0, 0.05) is 6.04 Å². The second kappa shape index (κ2) is 8.34. The van der Waals surface area contributed by atoms with E-state index in [4.69, 9.17) is 0 Å². The monoisotopic (exact) mass is 261 g/mol. The molecule has 2 rings (SSSR count). The lowest BCUT2D eigenvalue weighted by Crippen LogP contribution is -2.39. The van der Waals surface area contributed by atoms with Crippen molar-refractivity contribution < 1.29 is 5.11 Å². The van der Waals surface area contributed by atoms with Crippen LogP contribution in [0.4, 0.5) is 0 Å². The lowest BCUT2D eigenvalue weighted by atomic mass is 10.1. The van der Waals surface area contributed by atoms with Gasteiger partial charge < -0.3 is 10.4 Å². The van der Waals surface area contributed by atoms with Crippen molar-refractivity contribution in [2.75, 3.05) is 6.54 Å². The minimum absolute atomic E-state index is 0.128. The molecule has 19 heavy (non-hydrogen) atoms. The highest BCUT2D eigenvalue weighted by Crippen LogP contribution is 2.18. The lowest BCUT2D eigenvalue weighted by Gasteiger charge is -2.21. The summed E-state index contributed by atoms with van der Waals surface area (Å²) in [5.74, 6) is 0. The van der Waals surface area contributed by atoms with E-state index in [2.05, 4.69) is 35.6 Å². The summed E-state index contributed by atoms with van der Waals surface area (Å²) in [6.45, 7) is 1.04. The van der Waals surface area contributed by atoms with Crippen molar-refractivity contribution >= 4 is 0 Å². The Morgan fingerprint density at radius 1 is 1.00 bits per heavy atom. The molecule has 2 unspecified atom stereocenters. The molecular weight excluding hydrogens is 234 g/mol. The summed E-state index contributed by atoms with van der Waals surface area (Å²) in [7, 11) is 0. The molecule has 106 valence electrons. The fourth-order valence-electron chi connectivity index (χ4n) is 2.91. The van der Waals surface area contributed by atoms with E-state index in [-0.39, 0.29) is 6.10 Å². The smallest absolute Gasteiger partial charge is 0.0693 e. The van der Waals surface area contributed by atoms with Gasteiger partial charge in [-0.25, -0.2) is 0 Å². The third-order valence-corrected chi connectivity index (χ3v) is 4.12. The van der Waals surface area contributed by atoms with E-state index in [1.54, 1.807) is 0 Å². The number of rotatable bonds is 6. The first kappa shape index (κ1) is 14.5. The summed E-state index contributed by atoms with van der Waals surface area (Å²) in [5.41, 5.74) is 1.43. The van der Waals surface area contributed by atoms with Crippen molar-refractivity contribution in [2.24, 2.45) is 0 Å². The van der Waals surface area contributed by atoms with E-state index in [0.29, 0.717) is 6.04 Å². The fourth-order valence-corrected chi connectivity index (χ4v) is 2.91. The average Bonchev–Trinajstić information content (AvgIpc) is 2.65. The summed E-state index contributed by atoms with van der Waals surface area (Å²) >= 11 is 0. The van der Waals surface area contributed by atoms with Crippen LogP contribution in [0.3, 0.4) is 0 Å². The Labute approximate surface area is 117 Å². The van der Waals surface area contributed by atoms with Crippen LogP contribution < -0.4 is 5.32 Å². The Morgan fingerprint density at radius 2 is 1.79 bits per heavy atom. The molecule has 0 amide bonds. The second-order valence-corrected chi connectivity index (χ2v) is 5.71. The first-order chi connectivity index (χ1) is 9.36. The first-order valence-corrected chi connectivity index (χ1v) is 7.81. The van der Waals surface area contributed by atoms with Crippen molar-refractivity contribution in [3.8, 4) is 0 Å². The van der Waals surface area contributed by atoms with Gasteiger partial charge in [0.25, 0.3) is 0 Å². The minimum Gasteiger partial charge on any atom is -0.392 e. The number of aliphatic hydroxyl groups excluding tert-OH is 1. The molecule has 0 spiro atoms. The predicted octanol–water partition coefficient (Wildman–Crippen LogP) is 3.29. The highest BCUT2D eigenvalue weighted by molar-refractivity contribution is 5.14. The second-order valence-electron chi connectivity index (χ2n) is 5.71. The Kier molecular flexibility index (Phi) is 6.38. The summed E-state index contributed by atoms with van der Waals surface area (Å²) in [5, 5.41) is 13.6. The van der Waals surface area contributed by atoms with Crippen LogP contribution >= 0.6 is 0 Å². The van der Waals surface area contributed by atoms with Crippen LogP contribution in [0.2, 0.25) is 0 Å². The summed E-state index contributed by atoms with van der Waals surface area (Å²) < 4.78 is 0. The highest BCUT2D eigenvalue weighted by Gasteiger charge is 2.20. The molecule has 0 aromatic heterocycles. The molecule has 1 aliphatic carbocycles. The molecule has 1 aromatic rings. The maximum atomic E-state index is 10.0. The average molecular weight is 261 g/mol. The van der Waals surface area contributed by atoms with Crippen LogP contribution in [0.5, 0.6) is 0 Å². The van der Waals surface area contributed by atoms with Crippen LogP contribution in [0.25, 0.3) is 0 Å². The van der Waals surface area contributed by atoms with Gasteiger partial charge in [-0.1, -0.05) is 49.6 Å². The standard InChI is InChI=1S/C17H27NO/c19-17-13-6-2-5-12-16(17)18-14-8-7-11-15-9-3-1-4-10-15/h1,3-4,9-10,16-19H,2,5-8,11-14H2. The summed E-state index contributed by atoms with van der Waals surface area (Å²) in [6, 6.07) is 11.0. The lowest BCUT2D eigenvalue weighted by molar-refractivity contribution is 0.120. The molecule has 2 nitrogen and oxygen atoms in total. The van der Waals surface area contributed by atoms with Gasteiger partial charge in [0.2, 0.25) is 0 Å². The molecule has 2 N–H and O–H groups in total. The van der Waals surface area contributed by atoms with Crippen LogP contribution in [-0.4, -0.2) is 23.8 Å². The topological polar surface area (TPSA) is 32.3 Å². The number of hydrogen-bond donors (Lipinski definition) is 2. The van der Waals surface area contributed by atoms with Gasteiger partial charge in [0.1, 0.15) is 0 Å². The molecule has 1 fully saturated rings.